The van der Waals surface area contributed by atoms with E-state index in [4.69, 9.17) is 0 Å². The highest BCUT2D eigenvalue weighted by atomic mass is 79.9. The molecule has 2 rings (SSSR count). The van der Waals surface area contributed by atoms with Crippen molar-refractivity contribution in [3.05, 3.63) is 57.3 Å². The molecule has 4 nitrogen and oxygen atoms in total. The summed E-state index contributed by atoms with van der Waals surface area (Å²) in [5, 5.41) is 22.9. The lowest BCUT2D eigenvalue weighted by atomic mass is 10.1. The number of aryl methyl sites for hydroxylation is 1. The summed E-state index contributed by atoms with van der Waals surface area (Å²) in [5.74, 6) is 0.147. The number of aromatic nitrogens is 1. The molecule has 0 radical (unpaired) electrons. The summed E-state index contributed by atoms with van der Waals surface area (Å²) in [6.45, 7) is 4.13. The molecule has 1 aromatic carbocycles. The van der Waals surface area contributed by atoms with Crippen LogP contribution in [0.5, 0.6) is 5.75 Å². The van der Waals surface area contributed by atoms with Crippen LogP contribution in [-0.2, 0) is 13.2 Å². The van der Waals surface area contributed by atoms with Crippen LogP contribution >= 0.6 is 15.9 Å². The second kappa shape index (κ2) is 7.02. The van der Waals surface area contributed by atoms with E-state index in [1.54, 1.807) is 13.1 Å². The molecular formula is C16H19BrN2O2. The van der Waals surface area contributed by atoms with Gasteiger partial charge in [0.1, 0.15) is 5.75 Å². The van der Waals surface area contributed by atoms with Gasteiger partial charge >= 0.3 is 0 Å². The molecule has 0 aliphatic rings. The molecule has 0 saturated carbocycles. The Morgan fingerprint density at radius 1 is 1.33 bits per heavy atom. The van der Waals surface area contributed by atoms with E-state index in [1.807, 2.05) is 24.3 Å². The summed E-state index contributed by atoms with van der Waals surface area (Å²) in [5.41, 5.74) is 3.06. The maximum absolute atomic E-state index is 10.1. The van der Waals surface area contributed by atoms with Crippen LogP contribution in [0.25, 0.3) is 0 Å². The zero-order chi connectivity index (χ0) is 15.4. The first-order valence-corrected chi connectivity index (χ1v) is 7.59. The van der Waals surface area contributed by atoms with Gasteiger partial charge in [-0.1, -0.05) is 34.1 Å². The average molecular weight is 351 g/mol. The molecule has 1 atom stereocenters. The zero-order valence-corrected chi connectivity index (χ0v) is 13.7. The van der Waals surface area contributed by atoms with Gasteiger partial charge in [-0.25, -0.2) is 0 Å². The Morgan fingerprint density at radius 3 is 2.71 bits per heavy atom. The van der Waals surface area contributed by atoms with Crippen molar-refractivity contribution in [1.82, 2.24) is 10.3 Å². The van der Waals surface area contributed by atoms with Crippen LogP contribution in [0.15, 0.2) is 34.9 Å². The number of nitrogens with one attached hydrogen (secondary N) is 1. The predicted molar refractivity (Wildman–Crippen MR) is 86.0 cm³/mol. The molecule has 1 unspecified atom stereocenters. The molecule has 3 N–H and O–H groups in total. The number of nitrogens with zero attached hydrogens (tertiary/aromatic N) is 1. The topological polar surface area (TPSA) is 65.4 Å². The Balaban J connectivity index is 2.17. The highest BCUT2D eigenvalue weighted by Crippen LogP contribution is 2.26. The Kier molecular flexibility index (Phi) is 5.33. The first-order chi connectivity index (χ1) is 10.0. The molecule has 0 fully saturated rings. The van der Waals surface area contributed by atoms with Crippen molar-refractivity contribution in [3.8, 4) is 5.75 Å². The van der Waals surface area contributed by atoms with Gasteiger partial charge in [0.05, 0.1) is 12.3 Å². The molecule has 112 valence electrons. The number of aliphatic hydroxyl groups excluding tert-OH is 1. The highest BCUT2D eigenvalue weighted by Gasteiger charge is 2.14. The van der Waals surface area contributed by atoms with E-state index >= 15 is 0 Å². The maximum Gasteiger partial charge on any atom is 0.141 e. The first-order valence-electron chi connectivity index (χ1n) is 6.79. The monoisotopic (exact) mass is 350 g/mol. The van der Waals surface area contributed by atoms with Gasteiger partial charge in [0, 0.05) is 34.4 Å². The number of rotatable bonds is 5. The van der Waals surface area contributed by atoms with Gasteiger partial charge in [0.2, 0.25) is 0 Å². The second-order valence-electron chi connectivity index (χ2n) is 4.98. The van der Waals surface area contributed by atoms with E-state index in [0.29, 0.717) is 23.4 Å². The summed E-state index contributed by atoms with van der Waals surface area (Å²) < 4.78 is 1.04. The third-order valence-corrected chi connectivity index (χ3v) is 4.28. The van der Waals surface area contributed by atoms with E-state index in [9.17, 15) is 10.2 Å². The van der Waals surface area contributed by atoms with Gasteiger partial charge in [0.15, 0.2) is 0 Å². The molecule has 0 amide bonds. The minimum Gasteiger partial charge on any atom is -0.506 e. The summed E-state index contributed by atoms with van der Waals surface area (Å²) >= 11 is 3.54. The molecule has 2 aromatic rings. The van der Waals surface area contributed by atoms with Crippen LogP contribution in [0, 0.1) is 6.92 Å². The van der Waals surface area contributed by atoms with Crippen LogP contribution in [-0.4, -0.2) is 15.2 Å². The molecule has 0 spiro atoms. The third-order valence-electron chi connectivity index (χ3n) is 3.56. The maximum atomic E-state index is 10.1. The third kappa shape index (κ3) is 3.61. The molecular weight excluding hydrogens is 332 g/mol. The molecule has 21 heavy (non-hydrogen) atoms. The molecule has 1 aromatic heterocycles. The molecule has 0 aliphatic heterocycles. The van der Waals surface area contributed by atoms with Crippen molar-refractivity contribution in [1.29, 1.82) is 0 Å². The molecule has 0 aliphatic carbocycles. The van der Waals surface area contributed by atoms with E-state index in [2.05, 4.69) is 33.2 Å². The number of benzene rings is 1. The fraction of sp³-hybridized carbons (Fsp3) is 0.312. The Labute approximate surface area is 133 Å². The van der Waals surface area contributed by atoms with Gasteiger partial charge in [-0.3, -0.25) is 4.98 Å². The van der Waals surface area contributed by atoms with Crippen molar-refractivity contribution in [2.24, 2.45) is 0 Å². The van der Waals surface area contributed by atoms with E-state index in [-0.39, 0.29) is 18.4 Å². The summed E-state index contributed by atoms with van der Waals surface area (Å²) in [6, 6.07) is 8.13. The normalized spacial score (nSPS) is 12.4. The number of aromatic hydroxyl groups is 1. The first kappa shape index (κ1) is 15.9. The Hall–Kier alpha value is -1.43. The number of hydrogen-bond acceptors (Lipinski definition) is 4. The summed E-state index contributed by atoms with van der Waals surface area (Å²) in [7, 11) is 0. The van der Waals surface area contributed by atoms with Crippen molar-refractivity contribution >= 4 is 15.9 Å². The minimum absolute atomic E-state index is 0.111. The number of aliphatic hydroxyl groups is 1. The van der Waals surface area contributed by atoms with E-state index in [0.717, 1.165) is 10.0 Å². The van der Waals surface area contributed by atoms with Crippen LogP contribution in [0.4, 0.5) is 0 Å². The van der Waals surface area contributed by atoms with Crippen molar-refractivity contribution in [2.75, 3.05) is 0 Å². The molecule has 0 saturated heterocycles. The lowest BCUT2D eigenvalue weighted by Gasteiger charge is -2.18. The lowest BCUT2D eigenvalue weighted by Crippen LogP contribution is -2.19. The SMILES string of the molecule is Cc1ncc(CO)c(CNC(C)c2ccccc2Br)c1O. The summed E-state index contributed by atoms with van der Waals surface area (Å²) in [4.78, 5) is 4.06. The van der Waals surface area contributed by atoms with Crippen LogP contribution in [0.1, 0.15) is 35.3 Å². The Bertz CT molecular complexity index is 632. The van der Waals surface area contributed by atoms with Crippen LogP contribution < -0.4 is 5.32 Å². The quantitative estimate of drug-likeness (QED) is 0.774. The number of pyridine rings is 1. The molecule has 1 heterocycles. The van der Waals surface area contributed by atoms with Gasteiger partial charge < -0.3 is 15.5 Å². The lowest BCUT2D eigenvalue weighted by molar-refractivity contribution is 0.278. The predicted octanol–water partition coefficient (Wildman–Crippen LogP) is 3.20. The van der Waals surface area contributed by atoms with Gasteiger partial charge in [-0.2, -0.15) is 0 Å². The summed E-state index contributed by atoms with van der Waals surface area (Å²) in [6.07, 6.45) is 1.61. The van der Waals surface area contributed by atoms with E-state index in [1.165, 1.54) is 0 Å². The van der Waals surface area contributed by atoms with Crippen molar-refractivity contribution in [3.63, 3.8) is 0 Å². The Morgan fingerprint density at radius 2 is 2.05 bits per heavy atom. The highest BCUT2D eigenvalue weighted by molar-refractivity contribution is 9.10. The van der Waals surface area contributed by atoms with E-state index < -0.39 is 0 Å². The van der Waals surface area contributed by atoms with Crippen molar-refractivity contribution in [2.45, 2.75) is 33.0 Å². The van der Waals surface area contributed by atoms with Gasteiger partial charge in [0.25, 0.3) is 0 Å². The minimum atomic E-state index is -0.138. The largest absolute Gasteiger partial charge is 0.506 e. The zero-order valence-electron chi connectivity index (χ0n) is 12.1. The van der Waals surface area contributed by atoms with Crippen LogP contribution in [0.2, 0.25) is 0 Å². The van der Waals surface area contributed by atoms with Gasteiger partial charge in [-0.05, 0) is 25.5 Å². The van der Waals surface area contributed by atoms with Gasteiger partial charge in [-0.15, -0.1) is 0 Å². The van der Waals surface area contributed by atoms with Crippen molar-refractivity contribution < 1.29 is 10.2 Å². The average Bonchev–Trinajstić information content (AvgIpc) is 2.49. The smallest absolute Gasteiger partial charge is 0.141 e. The fourth-order valence-corrected chi connectivity index (χ4v) is 2.84. The molecule has 5 heteroatoms. The fourth-order valence-electron chi connectivity index (χ4n) is 2.21. The number of halogens is 1. The standard InChI is InChI=1S/C16H19BrN2O2/c1-10(13-5-3-4-6-15(13)17)19-8-14-12(9-20)7-18-11(2)16(14)21/h3-7,10,19-21H,8-9H2,1-2H3. The molecule has 0 bridgehead atoms. The van der Waals surface area contributed by atoms with Crippen LogP contribution in [0.3, 0.4) is 0 Å². The second-order valence-corrected chi connectivity index (χ2v) is 5.83. The number of hydrogen-bond donors (Lipinski definition) is 3.